The van der Waals surface area contributed by atoms with E-state index in [1.165, 1.54) is 0 Å². The summed E-state index contributed by atoms with van der Waals surface area (Å²) >= 11 is 0. The molecule has 168 valence electrons. The maximum absolute atomic E-state index is 12.9. The van der Waals surface area contributed by atoms with Crippen LogP contribution in [0.5, 0.6) is 5.75 Å². The summed E-state index contributed by atoms with van der Waals surface area (Å²) < 4.78 is 12.2. The molecule has 2 aromatic rings. The Labute approximate surface area is 183 Å². The van der Waals surface area contributed by atoms with E-state index in [2.05, 4.69) is 10.4 Å². The summed E-state index contributed by atoms with van der Waals surface area (Å²) in [6.45, 7) is 4.97. The molecule has 1 fully saturated rings. The highest BCUT2D eigenvalue weighted by Crippen LogP contribution is 2.25. The van der Waals surface area contributed by atoms with Gasteiger partial charge in [-0.15, -0.1) is 0 Å². The fourth-order valence-electron chi connectivity index (χ4n) is 3.83. The van der Waals surface area contributed by atoms with Gasteiger partial charge in [0.05, 0.1) is 18.4 Å². The second-order valence-corrected chi connectivity index (χ2v) is 8.50. The summed E-state index contributed by atoms with van der Waals surface area (Å²) in [4.78, 5) is 27.3. The molecule has 8 heteroatoms. The normalized spacial score (nSPS) is 15.1. The van der Waals surface area contributed by atoms with E-state index in [-0.39, 0.29) is 11.8 Å². The minimum atomic E-state index is -0.805. The highest BCUT2D eigenvalue weighted by atomic mass is 16.5. The quantitative estimate of drug-likeness (QED) is 0.733. The first-order valence-corrected chi connectivity index (χ1v) is 10.6. The fraction of sp³-hybridized carbons (Fsp3) is 0.522. The number of ether oxygens (including phenoxy) is 2. The number of carbonyl (C=O) groups excluding carboxylic acids is 2. The van der Waals surface area contributed by atoms with Gasteiger partial charge in [0.1, 0.15) is 11.4 Å². The predicted molar refractivity (Wildman–Crippen MR) is 118 cm³/mol. The third-order valence-corrected chi connectivity index (χ3v) is 5.91. The summed E-state index contributed by atoms with van der Waals surface area (Å²) in [5.74, 6) is 0.949. The van der Waals surface area contributed by atoms with Gasteiger partial charge in [0.15, 0.2) is 0 Å². The minimum absolute atomic E-state index is 0.0193. The number of hydrogen-bond donors (Lipinski definition) is 1. The van der Waals surface area contributed by atoms with Gasteiger partial charge in [0, 0.05) is 39.1 Å². The topological polar surface area (TPSA) is 85.7 Å². The number of amides is 2. The molecule has 0 bridgehead atoms. The summed E-state index contributed by atoms with van der Waals surface area (Å²) in [6.07, 6.45) is 4.22. The van der Waals surface area contributed by atoms with Crippen molar-refractivity contribution in [1.82, 2.24) is 14.7 Å². The van der Waals surface area contributed by atoms with Crippen molar-refractivity contribution in [3.63, 3.8) is 0 Å². The molecule has 0 radical (unpaired) electrons. The molecule has 0 spiro atoms. The van der Waals surface area contributed by atoms with Crippen molar-refractivity contribution in [1.29, 1.82) is 0 Å². The molecule has 1 saturated heterocycles. The number of anilines is 1. The average Bonchev–Trinajstić information content (AvgIpc) is 3.14. The number of hydrogen-bond acceptors (Lipinski definition) is 5. The first-order chi connectivity index (χ1) is 14.7. The van der Waals surface area contributed by atoms with Crippen LogP contribution in [-0.2, 0) is 23.0 Å². The van der Waals surface area contributed by atoms with E-state index in [0.717, 1.165) is 24.3 Å². The smallest absolute Gasteiger partial charge is 0.259 e. The Morgan fingerprint density at radius 3 is 2.39 bits per heavy atom. The van der Waals surface area contributed by atoms with Gasteiger partial charge in [-0.2, -0.15) is 5.10 Å². The maximum Gasteiger partial charge on any atom is 0.259 e. The predicted octanol–water partition coefficient (Wildman–Crippen LogP) is 2.89. The van der Waals surface area contributed by atoms with Gasteiger partial charge in [-0.3, -0.25) is 14.3 Å². The van der Waals surface area contributed by atoms with Crippen molar-refractivity contribution in [2.75, 3.05) is 32.6 Å². The van der Waals surface area contributed by atoms with Crippen LogP contribution in [0.3, 0.4) is 0 Å². The number of aryl methyl sites for hydroxylation is 1. The third kappa shape index (κ3) is 5.44. The number of nitrogens with one attached hydrogen (secondary N) is 1. The van der Waals surface area contributed by atoms with Gasteiger partial charge in [-0.05, 0) is 63.3 Å². The Bertz CT molecular complexity index is 912. The van der Waals surface area contributed by atoms with Gasteiger partial charge in [-0.1, -0.05) is 0 Å². The van der Waals surface area contributed by atoms with E-state index in [1.54, 1.807) is 63.2 Å². The second kappa shape index (κ2) is 9.51. The van der Waals surface area contributed by atoms with Crippen LogP contribution in [-0.4, -0.2) is 59.4 Å². The number of benzene rings is 1. The zero-order chi connectivity index (χ0) is 22.6. The van der Waals surface area contributed by atoms with Crippen LogP contribution in [0.1, 0.15) is 42.7 Å². The van der Waals surface area contributed by atoms with Gasteiger partial charge < -0.3 is 19.7 Å². The lowest BCUT2D eigenvalue weighted by Crippen LogP contribution is -2.49. The number of carbonyl (C=O) groups is 2. The molecule has 2 heterocycles. The van der Waals surface area contributed by atoms with Crippen LogP contribution in [0.15, 0.2) is 30.5 Å². The SMILES string of the molecule is COc1ccc(NC(=O)c2cn(C)nc2CC2CCN(C(=O)C(C)(C)OC)CC2)cc1. The Balaban J connectivity index is 1.62. The van der Waals surface area contributed by atoms with Crippen molar-refractivity contribution in [3.05, 3.63) is 41.7 Å². The van der Waals surface area contributed by atoms with Crippen LogP contribution >= 0.6 is 0 Å². The monoisotopic (exact) mass is 428 g/mol. The lowest BCUT2D eigenvalue weighted by atomic mass is 9.90. The van der Waals surface area contributed by atoms with Crippen molar-refractivity contribution < 1.29 is 19.1 Å². The fourth-order valence-corrected chi connectivity index (χ4v) is 3.83. The van der Waals surface area contributed by atoms with Crippen LogP contribution in [0.2, 0.25) is 0 Å². The Hall–Kier alpha value is -2.87. The summed E-state index contributed by atoms with van der Waals surface area (Å²) in [5.41, 5.74) is 1.27. The molecule has 1 aliphatic heterocycles. The van der Waals surface area contributed by atoms with Crippen molar-refractivity contribution in [3.8, 4) is 5.75 Å². The molecule has 1 aliphatic rings. The van der Waals surface area contributed by atoms with Crippen LogP contribution < -0.4 is 10.1 Å². The van der Waals surface area contributed by atoms with E-state index >= 15 is 0 Å². The molecule has 3 rings (SSSR count). The molecule has 1 N–H and O–H groups in total. The first-order valence-electron chi connectivity index (χ1n) is 10.6. The van der Waals surface area contributed by atoms with Crippen LogP contribution in [0, 0.1) is 5.92 Å². The largest absolute Gasteiger partial charge is 0.497 e. The van der Waals surface area contributed by atoms with Crippen molar-refractivity contribution in [2.24, 2.45) is 13.0 Å². The average molecular weight is 429 g/mol. The van der Waals surface area contributed by atoms with Crippen LogP contribution in [0.25, 0.3) is 0 Å². The van der Waals surface area contributed by atoms with E-state index in [0.29, 0.717) is 36.7 Å². The number of piperidine rings is 1. The Kier molecular flexibility index (Phi) is 7.00. The molecule has 2 amide bonds. The Morgan fingerprint density at radius 1 is 1.16 bits per heavy atom. The molecule has 8 nitrogen and oxygen atoms in total. The van der Waals surface area contributed by atoms with Crippen molar-refractivity contribution >= 4 is 17.5 Å². The zero-order valence-corrected chi connectivity index (χ0v) is 19.0. The summed E-state index contributed by atoms with van der Waals surface area (Å²) in [7, 11) is 4.99. The molecule has 1 aromatic carbocycles. The molecule has 0 saturated carbocycles. The number of likely N-dealkylation sites (tertiary alicyclic amines) is 1. The summed E-state index contributed by atoms with van der Waals surface area (Å²) in [5, 5.41) is 7.47. The summed E-state index contributed by atoms with van der Waals surface area (Å²) in [6, 6.07) is 7.22. The zero-order valence-electron chi connectivity index (χ0n) is 19.0. The number of methoxy groups -OCH3 is 2. The second-order valence-electron chi connectivity index (χ2n) is 8.50. The maximum atomic E-state index is 12.9. The van der Waals surface area contributed by atoms with E-state index in [4.69, 9.17) is 9.47 Å². The van der Waals surface area contributed by atoms with E-state index < -0.39 is 5.60 Å². The molecule has 0 unspecified atom stereocenters. The molecule has 0 atom stereocenters. The van der Waals surface area contributed by atoms with E-state index in [1.807, 2.05) is 11.9 Å². The highest BCUT2D eigenvalue weighted by Gasteiger charge is 2.34. The minimum Gasteiger partial charge on any atom is -0.497 e. The molecule has 1 aromatic heterocycles. The standard InChI is InChI=1S/C23H32N4O4/c1-23(2,31-5)22(29)27-12-10-16(11-13-27)14-20-19(15-26(3)25-20)21(28)24-17-6-8-18(30-4)9-7-17/h6-9,15-16H,10-14H2,1-5H3,(H,24,28). The molecular weight excluding hydrogens is 396 g/mol. The van der Waals surface area contributed by atoms with E-state index in [9.17, 15) is 9.59 Å². The number of rotatable bonds is 7. The third-order valence-electron chi connectivity index (χ3n) is 5.91. The van der Waals surface area contributed by atoms with Gasteiger partial charge >= 0.3 is 0 Å². The molecule has 0 aliphatic carbocycles. The number of nitrogens with zero attached hydrogens (tertiary/aromatic N) is 3. The Morgan fingerprint density at radius 2 is 1.81 bits per heavy atom. The van der Waals surface area contributed by atoms with Crippen molar-refractivity contribution in [2.45, 2.75) is 38.7 Å². The lowest BCUT2D eigenvalue weighted by Gasteiger charge is -2.36. The van der Waals surface area contributed by atoms with Gasteiger partial charge in [0.25, 0.3) is 11.8 Å². The first kappa shape index (κ1) is 22.8. The lowest BCUT2D eigenvalue weighted by molar-refractivity contribution is -0.152. The number of aromatic nitrogens is 2. The molecule has 31 heavy (non-hydrogen) atoms. The van der Waals surface area contributed by atoms with Gasteiger partial charge in [0.2, 0.25) is 0 Å². The van der Waals surface area contributed by atoms with Crippen LogP contribution in [0.4, 0.5) is 5.69 Å². The highest BCUT2D eigenvalue weighted by molar-refractivity contribution is 6.05. The molecular formula is C23H32N4O4. The van der Waals surface area contributed by atoms with Gasteiger partial charge in [-0.25, -0.2) is 0 Å².